The van der Waals surface area contributed by atoms with Crippen LogP contribution in [0, 0.1) is 0 Å². The minimum Gasteiger partial charge on any atom is -0.313 e. The maximum atomic E-state index is 2.57. The fourth-order valence-electron chi connectivity index (χ4n) is 8.93. The van der Waals surface area contributed by atoms with Gasteiger partial charge in [0.15, 0.2) is 0 Å². The Morgan fingerprint density at radius 3 is 1.56 bits per heavy atom. The molecule has 7 aromatic carbocycles. The Bertz CT molecular complexity index is 2540. The number of allylic oxidation sites excluding steroid dienone is 3. The Morgan fingerprint density at radius 1 is 0.423 bits per heavy atom. The van der Waals surface area contributed by atoms with Crippen molar-refractivity contribution < 1.29 is 0 Å². The molecule has 0 amide bonds. The van der Waals surface area contributed by atoms with Gasteiger partial charge in [-0.15, -0.1) is 0 Å². The first-order chi connectivity index (χ1) is 25.8. The SMILES string of the molecule is C1=C\C/C=c2/cccc/c2=C(\N2c3ccccc3C3(c4cc(-c5ccccc5)ccc4-c4ccc(-c5ccccc5)cc43)c3ccccc32)C\C=C/1. The summed E-state index contributed by atoms with van der Waals surface area (Å²) in [5.74, 6) is 0. The van der Waals surface area contributed by atoms with Crippen LogP contribution in [0.15, 0.2) is 194 Å². The van der Waals surface area contributed by atoms with Crippen molar-refractivity contribution in [3.8, 4) is 33.4 Å². The third-order valence-electron chi connectivity index (χ3n) is 11.2. The first kappa shape index (κ1) is 30.4. The highest BCUT2D eigenvalue weighted by atomic mass is 15.2. The van der Waals surface area contributed by atoms with Crippen LogP contribution in [-0.4, -0.2) is 0 Å². The molecule has 10 rings (SSSR count). The first-order valence-electron chi connectivity index (χ1n) is 18.3. The number of benzene rings is 7. The molecule has 1 spiro atoms. The van der Waals surface area contributed by atoms with Crippen LogP contribution in [0.1, 0.15) is 35.1 Å². The molecule has 2 aliphatic carbocycles. The lowest BCUT2D eigenvalue weighted by Crippen LogP contribution is -2.40. The van der Waals surface area contributed by atoms with Gasteiger partial charge in [0.05, 0.1) is 16.8 Å². The van der Waals surface area contributed by atoms with Gasteiger partial charge >= 0.3 is 0 Å². The van der Waals surface area contributed by atoms with E-state index in [0.29, 0.717) is 0 Å². The predicted octanol–water partition coefficient (Wildman–Crippen LogP) is 11.3. The molecule has 0 N–H and O–H groups in total. The summed E-state index contributed by atoms with van der Waals surface area (Å²) < 4.78 is 0. The van der Waals surface area contributed by atoms with Crippen LogP contribution >= 0.6 is 0 Å². The van der Waals surface area contributed by atoms with Crippen LogP contribution in [0.2, 0.25) is 0 Å². The minimum atomic E-state index is -0.537. The molecule has 0 atom stereocenters. The maximum absolute atomic E-state index is 2.57. The second-order valence-electron chi connectivity index (χ2n) is 13.9. The number of nitrogens with zero attached hydrogens (tertiary/aromatic N) is 1. The van der Waals surface area contributed by atoms with Crippen molar-refractivity contribution in [1.82, 2.24) is 0 Å². The average Bonchev–Trinajstić information content (AvgIpc) is 3.50. The van der Waals surface area contributed by atoms with Gasteiger partial charge in [0.1, 0.15) is 0 Å². The molecule has 0 saturated heterocycles. The van der Waals surface area contributed by atoms with Gasteiger partial charge in [-0.3, -0.25) is 0 Å². The van der Waals surface area contributed by atoms with Crippen LogP contribution in [0.4, 0.5) is 11.4 Å². The van der Waals surface area contributed by atoms with E-state index in [9.17, 15) is 0 Å². The van der Waals surface area contributed by atoms with Gasteiger partial charge in [0.25, 0.3) is 0 Å². The minimum absolute atomic E-state index is 0.537. The highest BCUT2D eigenvalue weighted by Gasteiger charge is 2.52. The monoisotopic (exact) mass is 663 g/mol. The summed E-state index contributed by atoms with van der Waals surface area (Å²) >= 11 is 0. The van der Waals surface area contributed by atoms with Crippen molar-refractivity contribution in [1.29, 1.82) is 0 Å². The van der Waals surface area contributed by atoms with E-state index in [2.05, 4.69) is 205 Å². The molecule has 0 radical (unpaired) electrons. The largest absolute Gasteiger partial charge is 0.313 e. The van der Waals surface area contributed by atoms with Crippen LogP contribution in [0.3, 0.4) is 0 Å². The summed E-state index contributed by atoms with van der Waals surface area (Å²) in [4.78, 5) is 2.57. The highest BCUT2D eigenvalue weighted by molar-refractivity contribution is 5.98. The summed E-state index contributed by atoms with van der Waals surface area (Å²) in [6.07, 6.45) is 13.0. The van der Waals surface area contributed by atoms with E-state index in [1.807, 2.05) is 0 Å². The summed E-state index contributed by atoms with van der Waals surface area (Å²) in [7, 11) is 0. The summed E-state index contributed by atoms with van der Waals surface area (Å²) in [5, 5.41) is 2.54. The number of anilines is 2. The van der Waals surface area contributed by atoms with E-state index < -0.39 is 5.41 Å². The quantitative estimate of drug-likeness (QED) is 0.182. The van der Waals surface area contributed by atoms with Crippen molar-refractivity contribution in [2.75, 3.05) is 4.90 Å². The van der Waals surface area contributed by atoms with Crippen LogP contribution in [-0.2, 0) is 5.41 Å². The molecule has 3 aliphatic rings. The molecule has 1 aliphatic heterocycles. The zero-order valence-electron chi connectivity index (χ0n) is 28.9. The van der Waals surface area contributed by atoms with Crippen molar-refractivity contribution in [2.45, 2.75) is 18.3 Å². The van der Waals surface area contributed by atoms with Gasteiger partial charge in [-0.05, 0) is 91.5 Å². The standard InChI is InChI=1S/C51H37N/c1-2-6-22-38-23-12-13-24-41(38)48(27-11-3-1)52-49-28-16-14-25-44(49)51(45-26-15-17-29-50(45)52)46-34-39(36-18-7-4-8-19-36)30-32-42(46)43-33-31-40(35-47(43)51)37-20-9-5-10-21-37/h1-5,7-26,28-35H,6,27H2/b2-1-,11-3-,38-22-,48-41+. The fourth-order valence-corrected chi connectivity index (χ4v) is 8.93. The normalized spacial score (nSPS) is 17.8. The third kappa shape index (κ3) is 4.63. The molecule has 1 heterocycles. The number of fused-ring (bicyclic) bond motifs is 10. The Labute approximate surface area is 305 Å². The molecule has 7 aromatic rings. The van der Waals surface area contributed by atoms with E-state index in [1.54, 1.807) is 0 Å². The lowest BCUT2D eigenvalue weighted by molar-refractivity contribution is 0.752. The molecule has 0 aromatic heterocycles. The number of para-hydroxylation sites is 2. The van der Waals surface area contributed by atoms with E-state index in [4.69, 9.17) is 0 Å². The lowest BCUT2D eigenvalue weighted by Gasteiger charge is -2.45. The Balaban J connectivity index is 1.33. The molecule has 1 heteroatoms. The Morgan fingerprint density at radius 2 is 0.942 bits per heavy atom. The molecule has 0 saturated carbocycles. The van der Waals surface area contributed by atoms with Gasteiger partial charge in [-0.25, -0.2) is 0 Å². The Kier molecular flexibility index (Phi) is 7.25. The number of hydrogen-bond donors (Lipinski definition) is 0. The van der Waals surface area contributed by atoms with Gasteiger partial charge < -0.3 is 4.90 Å². The van der Waals surface area contributed by atoms with Gasteiger partial charge in [-0.1, -0.05) is 176 Å². The van der Waals surface area contributed by atoms with Gasteiger partial charge in [0, 0.05) is 17.3 Å². The van der Waals surface area contributed by atoms with E-state index in [1.165, 1.54) is 83.1 Å². The second-order valence-corrected chi connectivity index (χ2v) is 13.9. The van der Waals surface area contributed by atoms with Crippen molar-refractivity contribution in [3.63, 3.8) is 0 Å². The lowest BCUT2D eigenvalue weighted by atomic mass is 9.64. The zero-order chi connectivity index (χ0) is 34.5. The third-order valence-corrected chi connectivity index (χ3v) is 11.2. The summed E-state index contributed by atoms with van der Waals surface area (Å²) in [5.41, 5.74) is 16.0. The topological polar surface area (TPSA) is 3.24 Å². The van der Waals surface area contributed by atoms with Gasteiger partial charge in [-0.2, -0.15) is 0 Å². The molecule has 0 fully saturated rings. The predicted molar refractivity (Wildman–Crippen MR) is 218 cm³/mol. The van der Waals surface area contributed by atoms with Crippen molar-refractivity contribution in [2.24, 2.45) is 0 Å². The van der Waals surface area contributed by atoms with Crippen LogP contribution < -0.4 is 15.3 Å². The highest BCUT2D eigenvalue weighted by Crippen LogP contribution is 2.63. The van der Waals surface area contributed by atoms with Crippen LogP contribution in [0.25, 0.3) is 45.2 Å². The fraction of sp³-hybridized carbons (Fsp3) is 0.0588. The molecular formula is C51H37N. The molecule has 1 nitrogen and oxygen atoms in total. The zero-order valence-corrected chi connectivity index (χ0v) is 28.9. The van der Waals surface area contributed by atoms with E-state index in [0.717, 1.165) is 12.8 Å². The molecule has 0 unspecified atom stereocenters. The second kappa shape index (κ2) is 12.4. The smallest absolute Gasteiger partial charge is 0.0754 e. The van der Waals surface area contributed by atoms with E-state index in [-0.39, 0.29) is 0 Å². The molecule has 246 valence electrons. The Hall–Kier alpha value is -6.44. The van der Waals surface area contributed by atoms with Crippen LogP contribution in [0.5, 0.6) is 0 Å². The number of hydrogen-bond acceptors (Lipinski definition) is 1. The van der Waals surface area contributed by atoms with Gasteiger partial charge in [0.2, 0.25) is 0 Å². The summed E-state index contributed by atoms with van der Waals surface area (Å²) in [6.45, 7) is 0. The number of rotatable bonds is 3. The summed E-state index contributed by atoms with van der Waals surface area (Å²) in [6, 6.07) is 63.2. The maximum Gasteiger partial charge on any atom is 0.0754 e. The average molecular weight is 664 g/mol. The molecular weight excluding hydrogens is 627 g/mol. The molecule has 52 heavy (non-hydrogen) atoms. The van der Waals surface area contributed by atoms with Crippen molar-refractivity contribution in [3.05, 3.63) is 227 Å². The molecule has 0 bridgehead atoms. The van der Waals surface area contributed by atoms with E-state index >= 15 is 0 Å². The first-order valence-corrected chi connectivity index (χ1v) is 18.3. The van der Waals surface area contributed by atoms with Crippen molar-refractivity contribution >= 4 is 23.1 Å².